The molecule has 1 aliphatic heterocycles. The van der Waals surface area contributed by atoms with Crippen molar-refractivity contribution < 1.29 is 15.0 Å². The molecule has 2 aromatic heterocycles. The highest BCUT2D eigenvalue weighted by atomic mass is 16.3. The molecular formula is C19H13N3O3. The van der Waals surface area contributed by atoms with Crippen LogP contribution in [0.15, 0.2) is 47.7 Å². The maximum atomic E-state index is 12.4. The van der Waals surface area contributed by atoms with Crippen molar-refractivity contribution in [2.45, 2.75) is 0 Å². The second-order valence-corrected chi connectivity index (χ2v) is 6.10. The third kappa shape index (κ3) is 1.85. The molecule has 0 bridgehead atoms. The molecule has 4 N–H and O–H groups in total. The lowest BCUT2D eigenvalue weighted by Crippen LogP contribution is -2.05. The van der Waals surface area contributed by atoms with E-state index in [4.69, 9.17) is 0 Å². The van der Waals surface area contributed by atoms with Gasteiger partial charge in [0.1, 0.15) is 18.0 Å². The molecule has 0 unspecified atom stereocenters. The molecule has 2 aromatic carbocycles. The highest BCUT2D eigenvalue weighted by molar-refractivity contribution is 6.29. The van der Waals surface area contributed by atoms with Crippen LogP contribution < -0.4 is 0 Å². The molecule has 25 heavy (non-hydrogen) atoms. The molecular weight excluding hydrogens is 318 g/mol. The lowest BCUT2D eigenvalue weighted by atomic mass is 9.96. The zero-order chi connectivity index (χ0) is 17.1. The molecule has 0 saturated carbocycles. The standard InChI is InChI=1S/C19H13N3O3/c23-9-1-2-13-10(5-9)11(6-20-13)19-18-15(24)4-3-14-17(18)12(7-21-14)16(25)8-22-19/h1-7,20-21,23-24H,8H2. The van der Waals surface area contributed by atoms with E-state index >= 15 is 0 Å². The smallest absolute Gasteiger partial charge is 0.186 e. The minimum Gasteiger partial charge on any atom is -0.508 e. The Morgan fingerprint density at radius 2 is 1.72 bits per heavy atom. The zero-order valence-corrected chi connectivity index (χ0v) is 13.0. The largest absolute Gasteiger partial charge is 0.508 e. The van der Waals surface area contributed by atoms with Crippen molar-refractivity contribution in [2.75, 3.05) is 6.54 Å². The molecule has 1 aliphatic rings. The van der Waals surface area contributed by atoms with Gasteiger partial charge >= 0.3 is 0 Å². The summed E-state index contributed by atoms with van der Waals surface area (Å²) in [6.07, 6.45) is 3.44. The van der Waals surface area contributed by atoms with Gasteiger partial charge < -0.3 is 20.2 Å². The SMILES string of the molecule is O=C1CN=C(c2c[nH]c3ccc(O)cc23)c2c(O)ccc3[nH]cc1c23. The normalized spacial score (nSPS) is 14.1. The first-order chi connectivity index (χ1) is 12.1. The number of carbonyl (C=O) groups is 1. The Labute approximate surface area is 141 Å². The van der Waals surface area contributed by atoms with E-state index in [1.54, 1.807) is 42.7 Å². The first-order valence-corrected chi connectivity index (χ1v) is 7.85. The Bertz CT molecular complexity index is 1210. The fraction of sp³-hybridized carbons (Fsp3) is 0.0526. The van der Waals surface area contributed by atoms with Crippen molar-refractivity contribution in [1.29, 1.82) is 0 Å². The summed E-state index contributed by atoms with van der Waals surface area (Å²) in [5.41, 5.74) is 3.94. The molecule has 0 spiro atoms. The first kappa shape index (κ1) is 13.9. The summed E-state index contributed by atoms with van der Waals surface area (Å²) in [5.74, 6) is 0.107. The van der Waals surface area contributed by atoms with Gasteiger partial charge in [0, 0.05) is 45.3 Å². The van der Waals surface area contributed by atoms with Crippen LogP contribution in [-0.2, 0) is 0 Å². The number of nitrogens with one attached hydrogen (secondary N) is 2. The average Bonchev–Trinajstić information content (AvgIpc) is 3.17. The zero-order valence-electron chi connectivity index (χ0n) is 13.0. The van der Waals surface area contributed by atoms with Gasteiger partial charge in [-0.1, -0.05) is 0 Å². The van der Waals surface area contributed by atoms with Crippen LogP contribution in [0.4, 0.5) is 0 Å². The fourth-order valence-electron chi connectivity index (χ4n) is 3.51. The fourth-order valence-corrected chi connectivity index (χ4v) is 3.51. The van der Waals surface area contributed by atoms with Crippen LogP contribution in [-0.4, -0.2) is 38.2 Å². The minimum atomic E-state index is -0.101. The Morgan fingerprint density at radius 3 is 2.60 bits per heavy atom. The second kappa shape index (κ2) is 4.73. The van der Waals surface area contributed by atoms with E-state index in [1.807, 2.05) is 0 Å². The summed E-state index contributed by atoms with van der Waals surface area (Å²) in [6, 6.07) is 8.36. The van der Waals surface area contributed by atoms with Gasteiger partial charge in [-0.15, -0.1) is 0 Å². The number of fused-ring (bicyclic) bond motifs is 1. The molecule has 0 aliphatic carbocycles. The van der Waals surface area contributed by atoms with Gasteiger partial charge in [-0.05, 0) is 30.3 Å². The monoisotopic (exact) mass is 331 g/mol. The number of aliphatic imine (C=N–C) groups is 1. The molecule has 0 saturated heterocycles. The number of rotatable bonds is 1. The summed E-state index contributed by atoms with van der Waals surface area (Å²) >= 11 is 0. The van der Waals surface area contributed by atoms with Gasteiger partial charge in [0.2, 0.25) is 0 Å². The molecule has 5 rings (SSSR count). The molecule has 3 heterocycles. The third-order valence-electron chi connectivity index (χ3n) is 4.66. The number of phenols is 2. The molecule has 122 valence electrons. The summed E-state index contributed by atoms with van der Waals surface area (Å²) in [5, 5.41) is 21.8. The number of aromatic nitrogens is 2. The van der Waals surface area contributed by atoms with Crippen molar-refractivity contribution in [2.24, 2.45) is 4.99 Å². The lowest BCUT2D eigenvalue weighted by Gasteiger charge is -2.09. The van der Waals surface area contributed by atoms with E-state index in [0.29, 0.717) is 22.2 Å². The van der Waals surface area contributed by atoms with E-state index in [0.717, 1.165) is 22.0 Å². The Balaban J connectivity index is 1.89. The van der Waals surface area contributed by atoms with Gasteiger partial charge in [0.05, 0.1) is 11.3 Å². The first-order valence-electron chi connectivity index (χ1n) is 7.85. The number of Topliss-reactive ketones (excluding diaryl/α,β-unsaturated/α-hetero) is 1. The quantitative estimate of drug-likeness (QED) is 0.431. The predicted molar refractivity (Wildman–Crippen MR) is 94.8 cm³/mol. The summed E-state index contributed by atoms with van der Waals surface area (Å²) in [6.45, 7) is 0.00188. The van der Waals surface area contributed by atoms with Crippen molar-refractivity contribution in [3.05, 3.63) is 59.4 Å². The van der Waals surface area contributed by atoms with E-state index in [2.05, 4.69) is 15.0 Å². The Kier molecular flexibility index (Phi) is 2.62. The summed E-state index contributed by atoms with van der Waals surface area (Å²) in [4.78, 5) is 23.2. The summed E-state index contributed by atoms with van der Waals surface area (Å²) < 4.78 is 0. The van der Waals surface area contributed by atoms with E-state index in [1.165, 1.54) is 0 Å². The van der Waals surface area contributed by atoms with Crippen LogP contribution >= 0.6 is 0 Å². The molecule has 0 radical (unpaired) electrons. The number of nitrogens with zero attached hydrogens (tertiary/aromatic N) is 1. The maximum absolute atomic E-state index is 12.4. The van der Waals surface area contributed by atoms with Gasteiger partial charge in [0.25, 0.3) is 0 Å². The highest BCUT2D eigenvalue weighted by Gasteiger charge is 2.26. The van der Waals surface area contributed by atoms with E-state index in [-0.39, 0.29) is 23.8 Å². The number of benzene rings is 2. The average molecular weight is 331 g/mol. The van der Waals surface area contributed by atoms with Crippen molar-refractivity contribution in [3.63, 3.8) is 0 Å². The summed E-state index contributed by atoms with van der Waals surface area (Å²) in [7, 11) is 0. The number of ketones is 1. The van der Waals surface area contributed by atoms with Crippen LogP contribution in [0.2, 0.25) is 0 Å². The van der Waals surface area contributed by atoms with Gasteiger partial charge in [-0.3, -0.25) is 9.79 Å². The molecule has 4 aromatic rings. The number of aromatic amines is 2. The molecule has 6 heteroatoms. The van der Waals surface area contributed by atoms with Gasteiger partial charge in [-0.25, -0.2) is 0 Å². The maximum Gasteiger partial charge on any atom is 0.186 e. The molecule has 0 atom stereocenters. The van der Waals surface area contributed by atoms with Gasteiger partial charge in [0.15, 0.2) is 5.78 Å². The van der Waals surface area contributed by atoms with E-state index < -0.39 is 0 Å². The number of hydrogen-bond donors (Lipinski definition) is 4. The molecule has 0 amide bonds. The number of aromatic hydroxyl groups is 2. The van der Waals surface area contributed by atoms with Crippen LogP contribution in [0.3, 0.4) is 0 Å². The lowest BCUT2D eigenvalue weighted by molar-refractivity contribution is 0.100. The number of H-pyrrole nitrogens is 2. The number of hydrogen-bond acceptors (Lipinski definition) is 4. The highest BCUT2D eigenvalue weighted by Crippen LogP contribution is 2.36. The van der Waals surface area contributed by atoms with Gasteiger partial charge in [-0.2, -0.15) is 0 Å². The number of carbonyl (C=O) groups excluding carboxylic acids is 1. The van der Waals surface area contributed by atoms with Crippen LogP contribution in [0.5, 0.6) is 11.5 Å². The Morgan fingerprint density at radius 1 is 0.960 bits per heavy atom. The van der Waals surface area contributed by atoms with Crippen molar-refractivity contribution in [1.82, 2.24) is 9.97 Å². The number of phenolic OH excluding ortho intramolecular Hbond substituents is 2. The van der Waals surface area contributed by atoms with Crippen molar-refractivity contribution in [3.8, 4) is 11.5 Å². The Hall–Kier alpha value is -3.54. The van der Waals surface area contributed by atoms with Crippen LogP contribution in [0.25, 0.3) is 21.8 Å². The van der Waals surface area contributed by atoms with Crippen molar-refractivity contribution >= 4 is 33.3 Å². The third-order valence-corrected chi connectivity index (χ3v) is 4.66. The second-order valence-electron chi connectivity index (χ2n) is 6.10. The molecule has 6 nitrogen and oxygen atoms in total. The predicted octanol–water partition coefficient (Wildman–Crippen LogP) is 3.09. The van der Waals surface area contributed by atoms with Crippen LogP contribution in [0.1, 0.15) is 21.5 Å². The minimum absolute atomic E-state index is 0.00188. The van der Waals surface area contributed by atoms with E-state index in [9.17, 15) is 15.0 Å². The van der Waals surface area contributed by atoms with Crippen LogP contribution in [0, 0.1) is 0 Å². The topological polar surface area (TPSA) is 101 Å². The molecule has 0 fully saturated rings.